The van der Waals surface area contributed by atoms with Gasteiger partial charge in [0.25, 0.3) is 6.01 Å². The predicted molar refractivity (Wildman–Crippen MR) is 75.0 cm³/mol. The summed E-state index contributed by atoms with van der Waals surface area (Å²) in [5.41, 5.74) is 0.870. The lowest BCUT2D eigenvalue weighted by atomic mass is 9.95. The monoisotopic (exact) mass is 278 g/mol. The average molecular weight is 278 g/mol. The highest BCUT2D eigenvalue weighted by molar-refractivity contribution is 5.92. The summed E-state index contributed by atoms with van der Waals surface area (Å²) in [6.45, 7) is 4.05. The summed E-state index contributed by atoms with van der Waals surface area (Å²) in [6, 6.07) is 4.89. The standard InChI is InChI=1S/C14H18N2O4/c1-3-14(2,6-7-17)16-13-15-10-5-4-9(12(18)19)8-11(10)20-13/h4-5,8,17H,3,6-7H2,1-2H3,(H,15,16)(H,18,19). The molecule has 6 nitrogen and oxygen atoms in total. The summed E-state index contributed by atoms with van der Waals surface area (Å²) in [5.74, 6) is -1.00. The van der Waals surface area contributed by atoms with Crippen molar-refractivity contribution in [2.75, 3.05) is 11.9 Å². The van der Waals surface area contributed by atoms with Crippen molar-refractivity contribution in [3.05, 3.63) is 23.8 Å². The van der Waals surface area contributed by atoms with Crippen molar-refractivity contribution in [2.24, 2.45) is 0 Å². The minimum Gasteiger partial charge on any atom is -0.478 e. The van der Waals surface area contributed by atoms with Gasteiger partial charge < -0.3 is 19.9 Å². The van der Waals surface area contributed by atoms with Gasteiger partial charge in [-0.2, -0.15) is 4.98 Å². The number of oxazole rings is 1. The van der Waals surface area contributed by atoms with Gasteiger partial charge in [-0.05, 0) is 38.0 Å². The van der Waals surface area contributed by atoms with Gasteiger partial charge in [0.1, 0.15) is 5.52 Å². The van der Waals surface area contributed by atoms with Crippen LogP contribution in [0.15, 0.2) is 22.6 Å². The molecule has 1 unspecified atom stereocenters. The molecule has 0 saturated heterocycles. The smallest absolute Gasteiger partial charge is 0.335 e. The van der Waals surface area contributed by atoms with Crippen LogP contribution < -0.4 is 5.32 Å². The number of aromatic nitrogens is 1. The van der Waals surface area contributed by atoms with Gasteiger partial charge in [0.2, 0.25) is 0 Å². The number of aliphatic hydroxyl groups excluding tert-OH is 1. The molecule has 6 heteroatoms. The fourth-order valence-electron chi connectivity index (χ4n) is 1.94. The number of rotatable bonds is 6. The minimum absolute atomic E-state index is 0.0702. The largest absolute Gasteiger partial charge is 0.478 e. The van der Waals surface area contributed by atoms with Crippen LogP contribution in [-0.2, 0) is 0 Å². The first-order chi connectivity index (χ1) is 9.47. The Hall–Kier alpha value is -2.08. The molecule has 1 heterocycles. The topological polar surface area (TPSA) is 95.6 Å². The van der Waals surface area contributed by atoms with Crippen molar-refractivity contribution in [3.8, 4) is 0 Å². The Bertz CT molecular complexity index is 623. The van der Waals surface area contributed by atoms with Gasteiger partial charge >= 0.3 is 5.97 Å². The molecular weight excluding hydrogens is 260 g/mol. The lowest BCUT2D eigenvalue weighted by molar-refractivity contribution is 0.0697. The Balaban J connectivity index is 2.29. The molecule has 0 aliphatic carbocycles. The lowest BCUT2D eigenvalue weighted by Crippen LogP contribution is -2.35. The van der Waals surface area contributed by atoms with Gasteiger partial charge in [-0.1, -0.05) is 6.92 Å². The van der Waals surface area contributed by atoms with E-state index in [1.807, 2.05) is 13.8 Å². The van der Waals surface area contributed by atoms with Crippen molar-refractivity contribution in [3.63, 3.8) is 0 Å². The predicted octanol–water partition coefficient (Wildman–Crippen LogP) is 2.49. The number of carbonyl (C=O) groups is 1. The molecule has 0 aliphatic heterocycles. The summed E-state index contributed by atoms with van der Waals surface area (Å²) in [4.78, 5) is 15.2. The number of aliphatic hydroxyl groups is 1. The SMILES string of the molecule is CCC(C)(CCO)Nc1nc2ccc(C(=O)O)cc2o1. The van der Waals surface area contributed by atoms with Crippen LogP contribution >= 0.6 is 0 Å². The first-order valence-corrected chi connectivity index (χ1v) is 6.50. The molecule has 1 atom stereocenters. The number of carboxylic acid groups (broad SMARTS) is 1. The molecule has 0 saturated carbocycles. The van der Waals surface area contributed by atoms with Crippen LogP contribution in [0.4, 0.5) is 6.01 Å². The number of hydrogen-bond acceptors (Lipinski definition) is 5. The summed E-state index contributed by atoms with van der Waals surface area (Å²) < 4.78 is 5.54. The molecule has 0 fully saturated rings. The maximum absolute atomic E-state index is 10.9. The molecule has 1 aromatic heterocycles. The van der Waals surface area contributed by atoms with E-state index in [0.29, 0.717) is 23.5 Å². The van der Waals surface area contributed by atoms with Crippen molar-refractivity contribution in [2.45, 2.75) is 32.2 Å². The van der Waals surface area contributed by atoms with E-state index < -0.39 is 5.97 Å². The lowest BCUT2D eigenvalue weighted by Gasteiger charge is -2.27. The van der Waals surface area contributed by atoms with Gasteiger partial charge in [-0.3, -0.25) is 0 Å². The van der Waals surface area contributed by atoms with Crippen molar-refractivity contribution < 1.29 is 19.4 Å². The molecule has 3 N–H and O–H groups in total. The highest BCUT2D eigenvalue weighted by atomic mass is 16.4. The molecule has 0 aliphatic rings. The fourth-order valence-corrected chi connectivity index (χ4v) is 1.94. The Morgan fingerprint density at radius 2 is 2.25 bits per heavy atom. The van der Waals surface area contributed by atoms with E-state index in [9.17, 15) is 4.79 Å². The second-order valence-electron chi connectivity index (χ2n) is 5.02. The minimum atomic E-state index is -1.00. The Morgan fingerprint density at radius 3 is 2.85 bits per heavy atom. The van der Waals surface area contributed by atoms with E-state index in [4.69, 9.17) is 14.6 Å². The molecule has 2 aromatic rings. The zero-order valence-electron chi connectivity index (χ0n) is 11.5. The van der Waals surface area contributed by atoms with Crippen LogP contribution in [0.1, 0.15) is 37.0 Å². The fraction of sp³-hybridized carbons (Fsp3) is 0.429. The first-order valence-electron chi connectivity index (χ1n) is 6.50. The number of fused-ring (bicyclic) bond motifs is 1. The van der Waals surface area contributed by atoms with Crippen LogP contribution in [0.5, 0.6) is 0 Å². The Labute approximate surface area is 116 Å². The van der Waals surface area contributed by atoms with E-state index in [2.05, 4.69) is 10.3 Å². The van der Waals surface area contributed by atoms with Gasteiger partial charge in [0.15, 0.2) is 5.58 Å². The van der Waals surface area contributed by atoms with E-state index in [0.717, 1.165) is 6.42 Å². The molecule has 20 heavy (non-hydrogen) atoms. The van der Waals surface area contributed by atoms with Gasteiger partial charge in [-0.25, -0.2) is 4.79 Å². The second-order valence-corrected chi connectivity index (χ2v) is 5.02. The van der Waals surface area contributed by atoms with Crippen molar-refractivity contribution in [1.29, 1.82) is 0 Å². The zero-order valence-corrected chi connectivity index (χ0v) is 11.5. The maximum atomic E-state index is 10.9. The number of nitrogens with one attached hydrogen (secondary N) is 1. The van der Waals surface area contributed by atoms with Crippen molar-refractivity contribution >= 4 is 23.1 Å². The van der Waals surface area contributed by atoms with E-state index in [1.54, 1.807) is 6.07 Å². The maximum Gasteiger partial charge on any atom is 0.335 e. The summed E-state index contributed by atoms with van der Waals surface area (Å²) in [6.07, 6.45) is 1.37. The van der Waals surface area contributed by atoms with Crippen LogP contribution in [0, 0.1) is 0 Å². The molecule has 1 aromatic carbocycles. The van der Waals surface area contributed by atoms with Gasteiger partial charge in [0, 0.05) is 12.1 Å². The quantitative estimate of drug-likeness (QED) is 0.751. The zero-order chi connectivity index (χ0) is 14.8. The molecule has 0 spiro atoms. The number of aromatic carboxylic acids is 1. The second kappa shape index (κ2) is 5.50. The number of anilines is 1. The van der Waals surface area contributed by atoms with Crippen LogP contribution in [0.25, 0.3) is 11.1 Å². The summed E-state index contributed by atoms with van der Waals surface area (Å²) in [7, 11) is 0. The average Bonchev–Trinajstić information content (AvgIpc) is 2.79. The number of nitrogens with zero attached hydrogens (tertiary/aromatic N) is 1. The molecule has 0 bridgehead atoms. The summed E-state index contributed by atoms with van der Waals surface area (Å²) in [5, 5.41) is 21.2. The molecule has 0 radical (unpaired) electrons. The third kappa shape index (κ3) is 2.91. The third-order valence-electron chi connectivity index (χ3n) is 3.49. The normalized spacial score (nSPS) is 14.2. The van der Waals surface area contributed by atoms with Crippen LogP contribution in [0.3, 0.4) is 0 Å². The third-order valence-corrected chi connectivity index (χ3v) is 3.49. The van der Waals surface area contributed by atoms with Crippen LogP contribution in [-0.4, -0.2) is 33.3 Å². The molecule has 108 valence electrons. The van der Waals surface area contributed by atoms with Gasteiger partial charge in [0.05, 0.1) is 5.56 Å². The Morgan fingerprint density at radius 1 is 1.50 bits per heavy atom. The highest BCUT2D eigenvalue weighted by Gasteiger charge is 2.23. The number of hydrogen-bond donors (Lipinski definition) is 3. The first kappa shape index (κ1) is 14.3. The van der Waals surface area contributed by atoms with E-state index in [1.165, 1.54) is 12.1 Å². The Kier molecular flexibility index (Phi) is 3.94. The highest BCUT2D eigenvalue weighted by Crippen LogP contribution is 2.25. The molecule has 0 amide bonds. The molecular formula is C14H18N2O4. The number of carboxylic acids is 1. The van der Waals surface area contributed by atoms with E-state index in [-0.39, 0.29) is 17.7 Å². The van der Waals surface area contributed by atoms with Crippen molar-refractivity contribution in [1.82, 2.24) is 4.98 Å². The van der Waals surface area contributed by atoms with E-state index >= 15 is 0 Å². The summed E-state index contributed by atoms with van der Waals surface area (Å²) >= 11 is 0. The molecule has 2 rings (SSSR count). The number of benzene rings is 1. The van der Waals surface area contributed by atoms with Crippen LogP contribution in [0.2, 0.25) is 0 Å². The van der Waals surface area contributed by atoms with Gasteiger partial charge in [-0.15, -0.1) is 0 Å².